The SMILES string of the molecule is CCC[NH3+].Cc1ccc([B-](c2ccc(C)cc2C)(c2ccc(C)cc2C)c2ccc(C)cc2C)c(C)c1. The minimum absolute atomic E-state index is 1.07. The minimum atomic E-state index is -1.38. The second-order valence-corrected chi connectivity index (χ2v) is 11.2. The number of hydrogen-bond donors (Lipinski definition) is 1. The highest BCUT2D eigenvalue weighted by atomic mass is 14.5. The van der Waals surface area contributed by atoms with Crippen LogP contribution in [0.2, 0.25) is 0 Å². The summed E-state index contributed by atoms with van der Waals surface area (Å²) in [5.41, 5.74) is 20.0. The predicted octanol–water partition coefficient (Wildman–Crippen LogP) is 5.17. The Hall–Kier alpha value is -3.10. The topological polar surface area (TPSA) is 27.6 Å². The molecule has 0 saturated carbocycles. The number of hydrogen-bond acceptors (Lipinski definition) is 0. The van der Waals surface area contributed by atoms with Crippen LogP contribution in [-0.2, 0) is 0 Å². The second-order valence-electron chi connectivity index (χ2n) is 11.2. The molecule has 0 bridgehead atoms. The number of rotatable bonds is 5. The molecule has 0 spiro atoms. The van der Waals surface area contributed by atoms with E-state index in [0.29, 0.717) is 0 Å². The van der Waals surface area contributed by atoms with Crippen molar-refractivity contribution in [2.24, 2.45) is 0 Å². The van der Waals surface area contributed by atoms with Crippen LogP contribution in [0.1, 0.15) is 57.9 Å². The van der Waals surface area contributed by atoms with Gasteiger partial charge in [-0.1, -0.05) is 124 Å². The van der Waals surface area contributed by atoms with E-state index in [0.717, 1.165) is 6.54 Å². The molecule has 0 radical (unpaired) electrons. The molecule has 4 aromatic carbocycles. The molecule has 3 N–H and O–H groups in total. The quantitative estimate of drug-likeness (QED) is 0.373. The summed E-state index contributed by atoms with van der Waals surface area (Å²) in [6.07, 6.45) is -0.167. The van der Waals surface area contributed by atoms with Crippen LogP contribution in [0.15, 0.2) is 72.8 Å². The van der Waals surface area contributed by atoms with Crippen LogP contribution in [0.4, 0.5) is 0 Å². The number of aryl methyl sites for hydroxylation is 8. The largest absolute Gasteiger partial charge is 0.358 e. The Morgan fingerprint density at radius 3 is 0.838 bits per heavy atom. The van der Waals surface area contributed by atoms with E-state index in [1.807, 2.05) is 0 Å². The van der Waals surface area contributed by atoms with Crippen molar-refractivity contribution in [1.82, 2.24) is 0 Å². The minimum Gasteiger partial charge on any atom is -0.358 e. The molecule has 0 aliphatic carbocycles. The van der Waals surface area contributed by atoms with Gasteiger partial charge >= 0.3 is 0 Å². The summed E-state index contributed by atoms with van der Waals surface area (Å²) in [5.74, 6) is 0. The van der Waals surface area contributed by atoms with Gasteiger partial charge in [-0.3, -0.25) is 0 Å². The highest BCUT2D eigenvalue weighted by Crippen LogP contribution is 2.19. The van der Waals surface area contributed by atoms with Crippen LogP contribution >= 0.6 is 0 Å². The fourth-order valence-electron chi connectivity index (χ4n) is 6.25. The first-order chi connectivity index (χ1) is 17.6. The molecule has 4 aromatic rings. The van der Waals surface area contributed by atoms with E-state index in [1.54, 1.807) is 0 Å². The second kappa shape index (κ2) is 12.0. The van der Waals surface area contributed by atoms with Crippen molar-refractivity contribution in [2.75, 3.05) is 6.54 Å². The van der Waals surface area contributed by atoms with Gasteiger partial charge in [-0.2, -0.15) is 21.9 Å². The van der Waals surface area contributed by atoms with Crippen molar-refractivity contribution in [3.05, 3.63) is 117 Å². The Morgan fingerprint density at radius 2 is 0.676 bits per heavy atom. The van der Waals surface area contributed by atoms with Crippen LogP contribution in [-0.4, -0.2) is 12.7 Å². The fraction of sp³-hybridized carbons (Fsp3) is 0.314. The van der Waals surface area contributed by atoms with E-state index >= 15 is 0 Å². The van der Waals surface area contributed by atoms with Gasteiger partial charge < -0.3 is 5.73 Å². The molecular weight excluding hydrogens is 445 g/mol. The third-order valence-electron chi connectivity index (χ3n) is 7.92. The van der Waals surface area contributed by atoms with Crippen molar-refractivity contribution in [3.8, 4) is 0 Å². The molecule has 37 heavy (non-hydrogen) atoms. The van der Waals surface area contributed by atoms with Gasteiger partial charge in [-0.15, -0.1) is 0 Å². The van der Waals surface area contributed by atoms with E-state index in [2.05, 4.69) is 141 Å². The number of benzene rings is 4. The third kappa shape index (κ3) is 5.75. The highest BCUT2D eigenvalue weighted by molar-refractivity contribution is 7.20. The molecule has 0 unspecified atom stereocenters. The molecule has 0 atom stereocenters. The molecule has 0 aliphatic rings. The molecular formula is C35H46BN. The average molecular weight is 492 g/mol. The maximum Gasteiger partial charge on any atom is 0.109 e. The number of quaternary nitrogens is 1. The zero-order valence-electron chi connectivity index (χ0n) is 24.6. The lowest BCUT2D eigenvalue weighted by Crippen LogP contribution is -2.76. The van der Waals surface area contributed by atoms with Crippen LogP contribution < -0.4 is 27.6 Å². The van der Waals surface area contributed by atoms with Crippen molar-refractivity contribution in [3.63, 3.8) is 0 Å². The Labute approximate surface area is 226 Å². The first-order valence-electron chi connectivity index (χ1n) is 13.8. The van der Waals surface area contributed by atoms with Crippen LogP contribution in [0, 0.1) is 55.4 Å². The average Bonchev–Trinajstić information content (AvgIpc) is 2.83. The molecule has 0 fully saturated rings. The molecule has 1 nitrogen and oxygen atoms in total. The van der Waals surface area contributed by atoms with Gasteiger partial charge in [0.05, 0.1) is 6.54 Å². The predicted molar refractivity (Wildman–Crippen MR) is 166 cm³/mol. The van der Waals surface area contributed by atoms with E-state index < -0.39 is 6.15 Å². The maximum atomic E-state index is 3.60. The van der Waals surface area contributed by atoms with Gasteiger partial charge in [0.2, 0.25) is 0 Å². The molecule has 194 valence electrons. The van der Waals surface area contributed by atoms with Crippen molar-refractivity contribution >= 4 is 28.0 Å². The molecule has 0 amide bonds. The molecule has 0 aromatic heterocycles. The smallest absolute Gasteiger partial charge is 0.109 e. The molecule has 0 saturated heterocycles. The van der Waals surface area contributed by atoms with Gasteiger partial charge in [0.25, 0.3) is 0 Å². The first kappa shape index (κ1) is 28.5. The lowest BCUT2D eigenvalue weighted by Gasteiger charge is -2.48. The summed E-state index contributed by atoms with van der Waals surface area (Å²) in [5, 5.41) is 0. The fourth-order valence-corrected chi connectivity index (χ4v) is 6.25. The Kier molecular flexibility index (Phi) is 9.21. The maximum absolute atomic E-state index is 3.60. The normalized spacial score (nSPS) is 11.2. The van der Waals surface area contributed by atoms with E-state index in [9.17, 15) is 0 Å². The van der Waals surface area contributed by atoms with Crippen LogP contribution in [0.5, 0.6) is 0 Å². The van der Waals surface area contributed by atoms with Gasteiger partial charge in [0, 0.05) is 0 Å². The van der Waals surface area contributed by atoms with Crippen molar-refractivity contribution in [2.45, 2.75) is 68.7 Å². The van der Waals surface area contributed by atoms with E-state index in [-0.39, 0.29) is 0 Å². The van der Waals surface area contributed by atoms with Crippen LogP contribution in [0.25, 0.3) is 0 Å². The summed E-state index contributed by atoms with van der Waals surface area (Å²) < 4.78 is 0. The van der Waals surface area contributed by atoms with Crippen molar-refractivity contribution < 1.29 is 5.73 Å². The lowest BCUT2D eigenvalue weighted by molar-refractivity contribution is -0.367. The Balaban J connectivity index is 0.000000886. The molecule has 0 heterocycles. The zero-order chi connectivity index (χ0) is 27.3. The summed E-state index contributed by atoms with van der Waals surface area (Å²) in [6, 6.07) is 28.1. The summed E-state index contributed by atoms with van der Waals surface area (Å²) >= 11 is 0. The van der Waals surface area contributed by atoms with Gasteiger partial charge in [0.1, 0.15) is 6.15 Å². The van der Waals surface area contributed by atoms with Gasteiger partial charge in [0.15, 0.2) is 0 Å². The van der Waals surface area contributed by atoms with E-state index in [4.69, 9.17) is 0 Å². The lowest BCUT2D eigenvalue weighted by atomic mass is 9.11. The standard InChI is InChI=1S/C32H36B.C3H9N/c1-21-9-13-29(25(5)17-21)33(30-14-10-22(2)18-26(30)6,31-15-11-23(3)19-27(31)7)32-16-12-24(4)20-28(32)8;1-2-3-4/h9-20H,1-8H3;2-4H2,1H3/q-1;/p+1. The monoisotopic (exact) mass is 491 g/mol. The Morgan fingerprint density at radius 1 is 0.459 bits per heavy atom. The summed E-state index contributed by atoms with van der Waals surface area (Å²) in [4.78, 5) is 0. The molecule has 0 aliphatic heterocycles. The van der Waals surface area contributed by atoms with Gasteiger partial charge in [-0.05, 0) is 61.8 Å². The summed E-state index contributed by atoms with van der Waals surface area (Å²) in [7, 11) is 0. The zero-order valence-corrected chi connectivity index (χ0v) is 24.6. The highest BCUT2D eigenvalue weighted by Gasteiger charge is 2.35. The summed E-state index contributed by atoms with van der Waals surface area (Å²) in [6.45, 7) is 21.1. The first-order valence-corrected chi connectivity index (χ1v) is 13.8. The third-order valence-corrected chi connectivity index (χ3v) is 7.92. The van der Waals surface area contributed by atoms with Crippen molar-refractivity contribution in [1.29, 1.82) is 0 Å². The van der Waals surface area contributed by atoms with Gasteiger partial charge in [-0.25, -0.2) is 0 Å². The van der Waals surface area contributed by atoms with E-state index in [1.165, 1.54) is 72.8 Å². The van der Waals surface area contributed by atoms with Crippen LogP contribution in [0.3, 0.4) is 0 Å². The molecule has 4 rings (SSSR count). The Bertz CT molecular complexity index is 1170. The molecule has 2 heteroatoms.